The standard InChI is InChI=1S/C3H9O3P.CBN/c1-2-3-6-7(4)5;2-1-3/h4-5H,2-3H2,1H3;. The highest BCUT2D eigenvalue weighted by atomic mass is 31.2. The third-order valence-corrected chi connectivity index (χ3v) is 0.824. The minimum absolute atomic E-state index is 0.429. The molecule has 0 fully saturated rings. The minimum atomic E-state index is -2.11. The van der Waals surface area contributed by atoms with Crippen LogP contribution in [0.3, 0.4) is 0 Å². The van der Waals surface area contributed by atoms with E-state index in [-0.39, 0.29) is 0 Å². The first kappa shape index (κ1) is 12.5. The quantitative estimate of drug-likeness (QED) is 0.459. The highest BCUT2D eigenvalue weighted by Gasteiger charge is 1.93. The number of rotatable bonds is 3. The van der Waals surface area contributed by atoms with Gasteiger partial charge in [-0.3, -0.25) is 0 Å². The Bertz CT molecular complexity index is 95.0. The average Bonchev–Trinajstić information content (AvgIpc) is 1.85. The fourth-order valence-corrected chi connectivity index (χ4v) is 0.519. The number of nitriles is 1. The van der Waals surface area contributed by atoms with E-state index in [4.69, 9.17) is 15.0 Å². The first-order chi connectivity index (χ1) is 4.68. The van der Waals surface area contributed by atoms with E-state index in [1.54, 1.807) is 0 Å². The van der Waals surface area contributed by atoms with Crippen molar-refractivity contribution in [2.24, 2.45) is 0 Å². The molecule has 0 aromatic rings. The van der Waals surface area contributed by atoms with Crippen molar-refractivity contribution in [3.8, 4) is 5.97 Å². The van der Waals surface area contributed by atoms with Gasteiger partial charge < -0.3 is 14.3 Å². The van der Waals surface area contributed by atoms with Gasteiger partial charge in [0.15, 0.2) is 0 Å². The highest BCUT2D eigenvalue weighted by Crippen LogP contribution is 2.23. The van der Waals surface area contributed by atoms with Crippen LogP contribution in [0.15, 0.2) is 0 Å². The zero-order valence-corrected chi connectivity index (χ0v) is 6.58. The van der Waals surface area contributed by atoms with Gasteiger partial charge in [-0.1, -0.05) is 6.92 Å². The summed E-state index contributed by atoms with van der Waals surface area (Å²) in [7, 11) is 2.05. The summed E-state index contributed by atoms with van der Waals surface area (Å²) >= 11 is 0. The van der Waals surface area contributed by atoms with Crippen LogP contribution in [0.2, 0.25) is 0 Å². The summed E-state index contributed by atoms with van der Waals surface area (Å²) in [6, 6.07) is 0. The Hall–Kier alpha value is -0.135. The fraction of sp³-hybridized carbons (Fsp3) is 0.750. The van der Waals surface area contributed by atoms with E-state index in [1.807, 2.05) is 6.92 Å². The highest BCUT2D eigenvalue weighted by molar-refractivity contribution is 7.39. The number of nitrogens with zero attached hydrogens (tertiary/aromatic N) is 1. The molecule has 0 saturated heterocycles. The molecule has 0 unspecified atom stereocenters. The molecule has 0 aromatic heterocycles. The van der Waals surface area contributed by atoms with Crippen molar-refractivity contribution in [2.75, 3.05) is 6.61 Å². The van der Waals surface area contributed by atoms with Crippen LogP contribution < -0.4 is 0 Å². The normalized spacial score (nSPS) is 7.90. The van der Waals surface area contributed by atoms with E-state index in [0.717, 1.165) is 6.42 Å². The molecule has 0 saturated carbocycles. The molecule has 0 spiro atoms. The van der Waals surface area contributed by atoms with Crippen LogP contribution in [0, 0.1) is 11.2 Å². The summed E-state index contributed by atoms with van der Waals surface area (Å²) in [4.78, 5) is 16.2. The second-order valence-electron chi connectivity index (χ2n) is 1.22. The van der Waals surface area contributed by atoms with Gasteiger partial charge in [0, 0.05) is 0 Å². The van der Waals surface area contributed by atoms with Gasteiger partial charge in [0.05, 0.1) is 6.61 Å². The maximum Gasteiger partial charge on any atom is 0.327 e. The lowest BCUT2D eigenvalue weighted by molar-refractivity contribution is 0.255. The zero-order valence-electron chi connectivity index (χ0n) is 5.69. The summed E-state index contributed by atoms with van der Waals surface area (Å²) in [6.07, 6.45) is 0.819. The Kier molecular flexibility index (Phi) is 14.6. The second-order valence-corrected chi connectivity index (χ2v) is 1.98. The van der Waals surface area contributed by atoms with Crippen molar-refractivity contribution in [2.45, 2.75) is 13.3 Å². The summed E-state index contributed by atoms with van der Waals surface area (Å²) < 4.78 is 4.37. The average molecular weight is 161 g/mol. The van der Waals surface area contributed by atoms with Crippen molar-refractivity contribution in [1.82, 2.24) is 0 Å². The van der Waals surface area contributed by atoms with Gasteiger partial charge in [0.25, 0.3) is 0 Å². The smallest absolute Gasteiger partial charge is 0.327 e. The third kappa shape index (κ3) is 24.8. The van der Waals surface area contributed by atoms with Gasteiger partial charge in [-0.15, -0.1) is 0 Å². The van der Waals surface area contributed by atoms with E-state index in [9.17, 15) is 0 Å². The Labute approximate surface area is 62.8 Å². The molecule has 0 amide bonds. The summed E-state index contributed by atoms with van der Waals surface area (Å²) in [5, 5.41) is 7.10. The Morgan fingerprint density at radius 2 is 2.10 bits per heavy atom. The molecular weight excluding hydrogens is 152 g/mol. The lowest BCUT2D eigenvalue weighted by Gasteiger charge is -1.98. The zero-order chi connectivity index (χ0) is 8.41. The monoisotopic (exact) mass is 161 g/mol. The van der Waals surface area contributed by atoms with Gasteiger partial charge in [0.1, 0.15) is 0 Å². The van der Waals surface area contributed by atoms with Gasteiger partial charge in [-0.05, 0) is 12.4 Å². The van der Waals surface area contributed by atoms with E-state index < -0.39 is 8.60 Å². The lowest BCUT2D eigenvalue weighted by atomic mass is 10.2. The molecule has 0 aliphatic heterocycles. The molecule has 0 bridgehead atoms. The van der Waals surface area contributed by atoms with Gasteiger partial charge >= 0.3 is 8.60 Å². The SMILES string of the molecule is CCCOP(O)O.[B]C#N. The van der Waals surface area contributed by atoms with Gasteiger partial charge in [0.2, 0.25) is 7.85 Å². The Morgan fingerprint density at radius 3 is 2.20 bits per heavy atom. The molecule has 0 aliphatic carbocycles. The van der Waals surface area contributed by atoms with E-state index in [2.05, 4.69) is 12.4 Å². The summed E-state index contributed by atoms with van der Waals surface area (Å²) in [5.74, 6) is 1.25. The van der Waals surface area contributed by atoms with Crippen molar-refractivity contribution in [1.29, 1.82) is 5.26 Å². The largest absolute Gasteiger partial charge is 0.328 e. The van der Waals surface area contributed by atoms with E-state index in [1.165, 1.54) is 5.97 Å². The van der Waals surface area contributed by atoms with Crippen LogP contribution in [-0.2, 0) is 4.52 Å². The molecule has 10 heavy (non-hydrogen) atoms. The predicted octanol–water partition coefficient (Wildman–Crippen LogP) is 0.260. The van der Waals surface area contributed by atoms with Crippen molar-refractivity contribution >= 4 is 16.4 Å². The van der Waals surface area contributed by atoms with E-state index in [0.29, 0.717) is 6.61 Å². The number of hydrogen-bond donors (Lipinski definition) is 2. The van der Waals surface area contributed by atoms with E-state index >= 15 is 0 Å². The molecular formula is C4H9BNO3P. The Balaban J connectivity index is 0. The van der Waals surface area contributed by atoms with Crippen molar-refractivity contribution < 1.29 is 14.3 Å². The predicted molar refractivity (Wildman–Crippen MR) is 39.0 cm³/mol. The topological polar surface area (TPSA) is 73.5 Å². The van der Waals surface area contributed by atoms with Crippen LogP contribution >= 0.6 is 8.60 Å². The molecule has 0 aliphatic rings. The molecule has 2 N–H and O–H groups in total. The lowest BCUT2D eigenvalue weighted by Crippen LogP contribution is -1.83. The molecule has 6 heteroatoms. The van der Waals surface area contributed by atoms with Crippen LogP contribution in [0.4, 0.5) is 0 Å². The van der Waals surface area contributed by atoms with Gasteiger partial charge in [-0.2, -0.15) is 0 Å². The molecule has 0 heterocycles. The molecule has 0 atom stereocenters. The maximum absolute atomic E-state index is 8.08. The first-order valence-electron chi connectivity index (χ1n) is 2.59. The first-order valence-corrected chi connectivity index (χ1v) is 3.76. The fourth-order valence-electron chi connectivity index (χ4n) is 0.173. The second kappa shape index (κ2) is 11.6. The minimum Gasteiger partial charge on any atom is -0.328 e. The summed E-state index contributed by atoms with van der Waals surface area (Å²) in [5.41, 5.74) is 0. The molecule has 0 aromatic carbocycles. The molecule has 0 rings (SSSR count). The van der Waals surface area contributed by atoms with Crippen LogP contribution in [-0.4, -0.2) is 24.2 Å². The third-order valence-electron chi connectivity index (χ3n) is 0.411. The summed E-state index contributed by atoms with van der Waals surface area (Å²) in [6.45, 7) is 2.33. The van der Waals surface area contributed by atoms with Crippen LogP contribution in [0.1, 0.15) is 13.3 Å². The molecule has 2 radical (unpaired) electrons. The van der Waals surface area contributed by atoms with Crippen LogP contribution in [0.5, 0.6) is 0 Å². The molecule has 56 valence electrons. The Morgan fingerprint density at radius 1 is 1.70 bits per heavy atom. The maximum atomic E-state index is 8.08. The van der Waals surface area contributed by atoms with Gasteiger partial charge in [-0.25, -0.2) is 5.26 Å². The number of hydrogen-bond acceptors (Lipinski definition) is 4. The molecule has 4 nitrogen and oxygen atoms in total. The van der Waals surface area contributed by atoms with Crippen molar-refractivity contribution in [3.05, 3.63) is 0 Å². The van der Waals surface area contributed by atoms with Crippen molar-refractivity contribution in [3.63, 3.8) is 0 Å². The van der Waals surface area contributed by atoms with Crippen LogP contribution in [0.25, 0.3) is 0 Å².